The Balaban J connectivity index is 1.78. The Morgan fingerprint density at radius 1 is 0.653 bits per heavy atom. The van der Waals surface area contributed by atoms with Gasteiger partial charge in [0.15, 0.2) is 23.3 Å². The summed E-state index contributed by atoms with van der Waals surface area (Å²) < 4.78 is 88.7. The van der Waals surface area contributed by atoms with Crippen molar-refractivity contribution in [3.63, 3.8) is 0 Å². The number of aromatic nitrogens is 2. The van der Waals surface area contributed by atoms with Crippen LogP contribution in [0.2, 0.25) is 0 Å². The Morgan fingerprint density at radius 3 is 1.77 bits per heavy atom. The van der Waals surface area contributed by atoms with E-state index in [1.807, 2.05) is 5.32 Å². The molecule has 2 aromatic carbocycles. The largest absolute Gasteiger partial charge is 0.481 e. The maximum absolute atomic E-state index is 15.2. The first-order valence-electron chi connectivity index (χ1n) is 23.4. The molecular weight excluding hydrogens is 1030 g/mol. The van der Waals surface area contributed by atoms with Gasteiger partial charge in [0.1, 0.15) is 42.1 Å². The number of thioether (sulfide) groups is 1. The quantitative estimate of drug-likeness (QED) is 0.0518. The number of amides is 8. The first-order valence-corrected chi connectivity index (χ1v) is 24.8. The Morgan fingerprint density at radius 2 is 1.19 bits per heavy atom. The van der Waals surface area contributed by atoms with Gasteiger partial charge in [-0.1, -0.05) is 18.2 Å². The van der Waals surface area contributed by atoms with Crippen molar-refractivity contribution in [3.8, 4) is 0 Å². The summed E-state index contributed by atoms with van der Waals surface area (Å²) in [6.07, 6.45) is 0.884. The van der Waals surface area contributed by atoms with Gasteiger partial charge < -0.3 is 64.1 Å². The third kappa shape index (κ3) is 18.3. The molecule has 0 radical (unpaired) electrons. The van der Waals surface area contributed by atoms with Crippen LogP contribution in [-0.2, 0) is 62.4 Å². The minimum atomic E-state index is -2.55. The van der Waals surface area contributed by atoms with E-state index in [1.165, 1.54) is 42.5 Å². The maximum Gasteiger partial charge on any atom is 0.303 e. The summed E-state index contributed by atoms with van der Waals surface area (Å²) in [4.78, 5) is 128. The van der Waals surface area contributed by atoms with Crippen LogP contribution in [0.25, 0.3) is 0 Å². The minimum Gasteiger partial charge on any atom is -0.481 e. The van der Waals surface area contributed by atoms with Crippen molar-refractivity contribution in [1.29, 1.82) is 0 Å². The fourth-order valence-electron chi connectivity index (χ4n) is 7.50. The van der Waals surface area contributed by atoms with Gasteiger partial charge in [0, 0.05) is 49.7 Å². The number of nitrogens with one attached hydrogen (secondary N) is 9. The number of aliphatic carboxylic acids is 1. The molecule has 0 spiro atoms. The zero-order valence-electron chi connectivity index (χ0n) is 40.3. The van der Waals surface area contributed by atoms with Gasteiger partial charge >= 0.3 is 5.97 Å². The van der Waals surface area contributed by atoms with Crippen LogP contribution in [-0.4, -0.2) is 142 Å². The highest BCUT2D eigenvalue weighted by Crippen LogP contribution is 2.24. The standard InChI is InChI=1S/C46H58F6N12O10S/c1-75-15-12-29-41(69)57-20-33(65)59-32(18-24-35(48)37(50)39(52)38(51)36(24)49)46(74)63-30(16-22-6-2-3-7-25(22)47)45(73)61-28(11-13-53)44(72)64-31(17-23-19-55-21-58-23)42(70)56-14-5-4-8-26(54)40(68)60-27(43(71)62-29)9-10-34(66)67/h2-3,6-7,19,21,26-32H,4-5,8-18,20,53-54H2,1H3,(H,55,58)(H,56,70)(H,57,69)(H,59,65)(H,60,68)(H,61,73)(H,62,71)(H,63,74)(H,64,72)(H,66,67)/t26-,27-,28-,29-,30-,31+,32-/m0/s1. The molecule has 14 N–H and O–H groups in total. The molecule has 1 fully saturated rings. The van der Waals surface area contributed by atoms with Crippen LogP contribution in [0.3, 0.4) is 0 Å². The van der Waals surface area contributed by atoms with Crippen LogP contribution in [0.15, 0.2) is 36.8 Å². The van der Waals surface area contributed by atoms with E-state index in [0.717, 1.165) is 6.07 Å². The number of benzene rings is 2. The zero-order chi connectivity index (χ0) is 55.4. The number of nitrogens with two attached hydrogens (primary N) is 2. The lowest BCUT2D eigenvalue weighted by atomic mass is 10.0. The SMILES string of the molecule is CSCC[C@@H]1NC(=O)[C@H](CCC(=O)O)NC(=O)[C@@H](N)CCCCNC(=O)[C@@H](Cc2cnc[nH]2)NC(=O)[C@H](CCN)NC(=O)[C@H](Cc2ccccc2F)NC(=O)[C@H](Cc2c(F)c(F)c(F)c(F)c2F)NC(=O)CNC1=O. The van der Waals surface area contributed by atoms with E-state index in [9.17, 15) is 61.4 Å². The Hall–Kier alpha value is -7.27. The van der Waals surface area contributed by atoms with Crippen LogP contribution in [0.4, 0.5) is 26.3 Å². The molecule has 0 unspecified atom stereocenters. The fraction of sp³-hybridized carbons (Fsp3) is 0.478. The van der Waals surface area contributed by atoms with E-state index in [4.69, 9.17) is 11.5 Å². The van der Waals surface area contributed by atoms with Crippen molar-refractivity contribution >= 4 is 65.0 Å². The topological polar surface area (TPSA) is 351 Å². The van der Waals surface area contributed by atoms with Crippen LogP contribution in [0.1, 0.15) is 61.8 Å². The Kier molecular flexibility index (Phi) is 23.8. The van der Waals surface area contributed by atoms with Crippen molar-refractivity contribution in [1.82, 2.24) is 52.5 Å². The van der Waals surface area contributed by atoms with Crippen molar-refractivity contribution in [2.45, 2.75) is 107 Å². The molecule has 4 rings (SSSR count). The van der Waals surface area contributed by atoms with E-state index in [2.05, 4.69) is 47.2 Å². The second-order valence-electron chi connectivity index (χ2n) is 17.2. The number of nitrogens with zero attached hydrogens (tertiary/aromatic N) is 1. The van der Waals surface area contributed by atoms with Crippen molar-refractivity contribution in [3.05, 3.63) is 88.5 Å². The Bertz CT molecular complexity index is 2500. The first kappa shape index (κ1) is 60.3. The third-order valence-electron chi connectivity index (χ3n) is 11.6. The highest BCUT2D eigenvalue weighted by atomic mass is 32.2. The molecule has 1 saturated heterocycles. The number of carbonyl (C=O) groups excluding carboxylic acids is 8. The van der Waals surface area contributed by atoms with Crippen LogP contribution in [0, 0.1) is 34.9 Å². The summed E-state index contributed by atoms with van der Waals surface area (Å²) in [7, 11) is 0. The summed E-state index contributed by atoms with van der Waals surface area (Å²) in [5.41, 5.74) is 10.5. The smallest absolute Gasteiger partial charge is 0.303 e. The predicted molar refractivity (Wildman–Crippen MR) is 255 cm³/mol. The summed E-state index contributed by atoms with van der Waals surface area (Å²) in [5, 5.41) is 28.2. The number of carboxylic acids is 1. The van der Waals surface area contributed by atoms with Gasteiger partial charge in [-0.2, -0.15) is 11.8 Å². The highest BCUT2D eigenvalue weighted by Gasteiger charge is 2.36. The zero-order valence-corrected chi connectivity index (χ0v) is 41.1. The average Bonchev–Trinajstić information content (AvgIpc) is 3.90. The fourth-order valence-corrected chi connectivity index (χ4v) is 7.97. The Labute approximate surface area is 429 Å². The van der Waals surface area contributed by atoms with Gasteiger partial charge in [-0.15, -0.1) is 0 Å². The lowest BCUT2D eigenvalue weighted by molar-refractivity contribution is -0.138. The van der Waals surface area contributed by atoms with Gasteiger partial charge in [0.2, 0.25) is 53.1 Å². The number of hydrogen-bond donors (Lipinski definition) is 12. The predicted octanol–water partition coefficient (Wildman–Crippen LogP) is -1.11. The van der Waals surface area contributed by atoms with E-state index in [0.29, 0.717) is 5.69 Å². The molecule has 1 aliphatic heterocycles. The molecule has 8 amide bonds. The van der Waals surface area contributed by atoms with E-state index in [1.54, 1.807) is 6.26 Å². The molecular formula is C46H58F6N12O10S. The van der Waals surface area contributed by atoms with Crippen LogP contribution >= 0.6 is 11.8 Å². The molecule has 75 heavy (non-hydrogen) atoms. The number of aromatic amines is 1. The maximum atomic E-state index is 15.2. The van der Waals surface area contributed by atoms with Gasteiger partial charge in [0.25, 0.3) is 0 Å². The third-order valence-corrected chi connectivity index (χ3v) is 12.2. The van der Waals surface area contributed by atoms with Crippen molar-refractivity contribution in [2.75, 3.05) is 31.6 Å². The molecule has 410 valence electrons. The van der Waals surface area contributed by atoms with Crippen LogP contribution < -0.4 is 54.0 Å². The molecule has 3 aromatic rings. The number of rotatable bonds is 14. The van der Waals surface area contributed by atoms with E-state index in [-0.39, 0.29) is 62.9 Å². The van der Waals surface area contributed by atoms with Gasteiger partial charge in [-0.25, -0.2) is 31.3 Å². The first-order chi connectivity index (χ1) is 35.6. The minimum absolute atomic E-state index is 0.00530. The van der Waals surface area contributed by atoms with Crippen molar-refractivity contribution in [2.24, 2.45) is 11.5 Å². The number of hydrogen-bond acceptors (Lipinski definition) is 13. The normalized spacial score (nSPS) is 22.7. The lowest BCUT2D eigenvalue weighted by Gasteiger charge is -2.27. The lowest BCUT2D eigenvalue weighted by Crippen LogP contribution is -2.60. The van der Waals surface area contributed by atoms with Gasteiger partial charge in [-0.05, 0) is 68.7 Å². The number of imidazole rings is 1. The molecule has 0 bridgehead atoms. The van der Waals surface area contributed by atoms with Crippen LogP contribution in [0.5, 0.6) is 0 Å². The summed E-state index contributed by atoms with van der Waals surface area (Å²) in [6, 6.07) is -6.67. The molecule has 0 saturated carbocycles. The average molecular weight is 1090 g/mol. The molecule has 1 aromatic heterocycles. The second-order valence-corrected chi connectivity index (χ2v) is 18.1. The van der Waals surface area contributed by atoms with E-state index < -0.39 is 168 Å². The highest BCUT2D eigenvalue weighted by molar-refractivity contribution is 7.98. The molecule has 2 heterocycles. The van der Waals surface area contributed by atoms with E-state index >= 15 is 13.2 Å². The molecule has 0 aliphatic carbocycles. The summed E-state index contributed by atoms with van der Waals surface area (Å²) >= 11 is 1.23. The monoisotopic (exact) mass is 1080 g/mol. The molecule has 1 aliphatic rings. The van der Waals surface area contributed by atoms with Gasteiger partial charge in [0.05, 0.1) is 18.9 Å². The van der Waals surface area contributed by atoms with Crippen molar-refractivity contribution < 1.29 is 74.6 Å². The summed E-state index contributed by atoms with van der Waals surface area (Å²) in [5.74, 6) is -23.0. The number of carbonyl (C=O) groups is 9. The summed E-state index contributed by atoms with van der Waals surface area (Å²) in [6.45, 7) is -1.37. The molecule has 7 atom stereocenters. The number of carboxylic acid groups (broad SMARTS) is 1. The molecule has 29 heteroatoms. The molecule has 22 nitrogen and oxygen atoms in total. The number of H-pyrrole nitrogens is 1. The van der Waals surface area contributed by atoms with Gasteiger partial charge in [-0.3, -0.25) is 43.2 Å². The number of halogens is 6. The second kappa shape index (κ2) is 29.6.